The van der Waals surface area contributed by atoms with Gasteiger partial charge in [-0.05, 0) is 23.3 Å². The number of ketones is 2. The molecule has 4 bridgehead atoms. The molecule has 2 aliphatic heterocycles. The van der Waals surface area contributed by atoms with Gasteiger partial charge in [-0.3, -0.25) is 9.59 Å². The molecule has 106 valence electrons. The van der Waals surface area contributed by atoms with Crippen molar-refractivity contribution in [2.24, 2.45) is 0 Å². The molecule has 22 heavy (non-hydrogen) atoms. The Morgan fingerprint density at radius 1 is 0.773 bits per heavy atom. The molecule has 0 unspecified atom stereocenters. The monoisotopic (exact) mass is 304 g/mol. The van der Waals surface area contributed by atoms with E-state index < -0.39 is 0 Å². The third-order valence-electron chi connectivity index (χ3n) is 3.91. The second kappa shape index (κ2) is 5.11. The van der Waals surface area contributed by atoms with Crippen molar-refractivity contribution in [3.63, 3.8) is 0 Å². The van der Waals surface area contributed by atoms with Crippen LogP contribution in [0.5, 0.6) is 0 Å². The van der Waals surface area contributed by atoms with Gasteiger partial charge in [0.15, 0.2) is 11.6 Å². The number of benzene rings is 1. The van der Waals surface area contributed by atoms with E-state index in [9.17, 15) is 9.59 Å². The van der Waals surface area contributed by atoms with Gasteiger partial charge in [-0.2, -0.15) is 0 Å². The van der Waals surface area contributed by atoms with E-state index in [2.05, 4.69) is 0 Å². The van der Waals surface area contributed by atoms with Gasteiger partial charge in [0.1, 0.15) is 0 Å². The number of rotatable bonds is 0. The number of allylic oxidation sites excluding steroid dienone is 8. The van der Waals surface area contributed by atoms with Gasteiger partial charge in [0, 0.05) is 17.6 Å². The normalized spacial score (nSPS) is 19.6. The minimum atomic E-state index is 0.0116. The molecule has 0 spiro atoms. The highest BCUT2D eigenvalue weighted by atomic mass is 32.2. The lowest BCUT2D eigenvalue weighted by molar-refractivity contribution is -0.112. The molecule has 1 fully saturated rings. The Hall–Kier alpha value is -2.39. The van der Waals surface area contributed by atoms with Crippen LogP contribution in [-0.4, -0.2) is 11.6 Å². The highest BCUT2D eigenvalue weighted by molar-refractivity contribution is 8.08. The van der Waals surface area contributed by atoms with E-state index >= 15 is 0 Å². The van der Waals surface area contributed by atoms with Crippen molar-refractivity contribution in [3.8, 4) is 0 Å². The minimum absolute atomic E-state index is 0.0116. The van der Waals surface area contributed by atoms with Gasteiger partial charge in [0.05, 0.1) is 9.81 Å². The van der Waals surface area contributed by atoms with Crippen LogP contribution >= 0.6 is 11.8 Å². The molecule has 3 heteroatoms. The minimum Gasteiger partial charge on any atom is -0.288 e. The summed E-state index contributed by atoms with van der Waals surface area (Å²) in [4.78, 5) is 26.8. The van der Waals surface area contributed by atoms with Crippen molar-refractivity contribution < 1.29 is 9.59 Å². The molecule has 2 nitrogen and oxygen atoms in total. The zero-order valence-electron chi connectivity index (χ0n) is 11.7. The number of thioether (sulfide) groups is 1. The highest BCUT2D eigenvalue weighted by Gasteiger charge is 2.29. The molecule has 1 aromatic carbocycles. The summed E-state index contributed by atoms with van der Waals surface area (Å²) in [5.41, 5.74) is 3.29. The van der Waals surface area contributed by atoms with Crippen LogP contribution in [0.3, 0.4) is 0 Å². The van der Waals surface area contributed by atoms with Crippen LogP contribution in [-0.2, 0) is 9.59 Å². The molecule has 0 amide bonds. The van der Waals surface area contributed by atoms with E-state index in [-0.39, 0.29) is 11.6 Å². The molecular formula is C19H12O2S. The summed E-state index contributed by atoms with van der Waals surface area (Å²) in [5, 5.41) is 0. The maximum Gasteiger partial charge on any atom is 0.196 e. The van der Waals surface area contributed by atoms with Crippen LogP contribution in [0, 0.1) is 0 Å². The fourth-order valence-corrected chi connectivity index (χ4v) is 3.81. The van der Waals surface area contributed by atoms with Crippen LogP contribution in [0.4, 0.5) is 0 Å². The van der Waals surface area contributed by atoms with Gasteiger partial charge in [0.25, 0.3) is 0 Å². The van der Waals surface area contributed by atoms with Gasteiger partial charge in [-0.1, -0.05) is 60.3 Å². The number of carbonyl (C=O) groups is 2. The van der Waals surface area contributed by atoms with Crippen LogP contribution in [0.1, 0.15) is 17.5 Å². The average Bonchev–Trinajstić information content (AvgIpc) is 2.89. The van der Waals surface area contributed by atoms with Gasteiger partial charge in [-0.15, -0.1) is 0 Å². The van der Waals surface area contributed by atoms with E-state index in [1.165, 1.54) is 11.8 Å². The topological polar surface area (TPSA) is 34.1 Å². The Morgan fingerprint density at radius 2 is 1.27 bits per heavy atom. The van der Waals surface area contributed by atoms with E-state index in [1.54, 1.807) is 0 Å². The summed E-state index contributed by atoms with van der Waals surface area (Å²) in [7, 11) is 0. The predicted molar refractivity (Wildman–Crippen MR) is 89.9 cm³/mol. The summed E-state index contributed by atoms with van der Waals surface area (Å²) < 4.78 is 0. The Labute approximate surface area is 132 Å². The second-order valence-electron chi connectivity index (χ2n) is 5.35. The smallest absolute Gasteiger partial charge is 0.196 e. The molecule has 0 radical (unpaired) electrons. The lowest BCUT2D eigenvalue weighted by atomic mass is 9.98. The molecule has 0 aromatic heterocycles. The molecule has 0 saturated carbocycles. The van der Waals surface area contributed by atoms with Crippen molar-refractivity contribution in [2.75, 3.05) is 0 Å². The summed E-state index contributed by atoms with van der Waals surface area (Å²) in [5.74, 6) is 0.0232. The molecule has 0 N–H and O–H groups in total. The van der Waals surface area contributed by atoms with E-state index in [4.69, 9.17) is 0 Å². The maximum absolute atomic E-state index is 12.8. The first-order chi connectivity index (χ1) is 10.7. The van der Waals surface area contributed by atoms with Gasteiger partial charge in [0.2, 0.25) is 0 Å². The maximum atomic E-state index is 12.8. The standard InChI is InChI=1S/C19H12O2S/c20-18-14-7-3-4-8-15(9-14)19(21)17-11-13-6-2-1-5-12(13)10-16(18)22-17/h1-8,10-11H,9H2. The molecule has 1 aliphatic carbocycles. The Morgan fingerprint density at radius 3 is 1.77 bits per heavy atom. The summed E-state index contributed by atoms with van der Waals surface area (Å²) in [6.07, 6.45) is 11.5. The Kier molecular flexibility index (Phi) is 3.09. The molecule has 0 atom stereocenters. The zero-order chi connectivity index (χ0) is 15.1. The first-order valence-corrected chi connectivity index (χ1v) is 7.90. The van der Waals surface area contributed by atoms with Crippen molar-refractivity contribution in [2.45, 2.75) is 6.42 Å². The molecular weight excluding hydrogens is 292 g/mol. The number of hydrogen-bond donors (Lipinski definition) is 0. The molecule has 2 heterocycles. The number of carbonyl (C=O) groups excluding carboxylic acids is 2. The lowest BCUT2D eigenvalue weighted by Gasteiger charge is -2.16. The van der Waals surface area contributed by atoms with Crippen molar-refractivity contribution in [3.05, 3.63) is 80.7 Å². The first-order valence-electron chi connectivity index (χ1n) is 7.08. The van der Waals surface area contributed by atoms with Crippen LogP contribution in [0.15, 0.2) is 69.5 Å². The van der Waals surface area contributed by atoms with Gasteiger partial charge in [-0.25, -0.2) is 0 Å². The zero-order valence-corrected chi connectivity index (χ0v) is 12.5. The molecule has 4 rings (SSSR count). The van der Waals surface area contributed by atoms with Crippen LogP contribution in [0.25, 0.3) is 12.2 Å². The fourth-order valence-electron chi connectivity index (χ4n) is 2.75. The van der Waals surface area contributed by atoms with E-state index in [0.717, 1.165) is 11.1 Å². The molecule has 1 saturated heterocycles. The molecule has 3 aliphatic rings. The highest BCUT2D eigenvalue weighted by Crippen LogP contribution is 2.40. The number of fused-ring (bicyclic) bond motifs is 5. The van der Waals surface area contributed by atoms with Crippen molar-refractivity contribution in [1.82, 2.24) is 0 Å². The van der Waals surface area contributed by atoms with Gasteiger partial charge < -0.3 is 0 Å². The first kappa shape index (κ1) is 13.3. The molecule has 1 aromatic rings. The summed E-state index contributed by atoms with van der Waals surface area (Å²) in [6, 6.07) is 7.82. The van der Waals surface area contributed by atoms with Crippen LogP contribution in [0.2, 0.25) is 0 Å². The second-order valence-corrected chi connectivity index (χ2v) is 6.44. The third-order valence-corrected chi connectivity index (χ3v) is 4.95. The largest absolute Gasteiger partial charge is 0.288 e. The Bertz CT molecular complexity index is 794. The lowest BCUT2D eigenvalue weighted by Crippen LogP contribution is -2.14. The van der Waals surface area contributed by atoms with E-state index in [0.29, 0.717) is 27.4 Å². The van der Waals surface area contributed by atoms with Gasteiger partial charge >= 0.3 is 0 Å². The quantitative estimate of drug-likeness (QED) is 0.724. The summed E-state index contributed by atoms with van der Waals surface area (Å²) >= 11 is 1.28. The Balaban J connectivity index is 1.99. The SMILES string of the molecule is O=C1C2=CC=CC=C(C2)C(=O)C2=Cc3ccccc3C=C1S2. The number of hydrogen-bond acceptors (Lipinski definition) is 3. The van der Waals surface area contributed by atoms with Crippen LogP contribution < -0.4 is 0 Å². The fraction of sp³-hybridized carbons (Fsp3) is 0.0526. The average molecular weight is 304 g/mol. The van der Waals surface area contributed by atoms with E-state index in [1.807, 2.05) is 60.7 Å². The van der Waals surface area contributed by atoms with Crippen molar-refractivity contribution >= 4 is 35.5 Å². The summed E-state index contributed by atoms with van der Waals surface area (Å²) in [6.45, 7) is 0. The predicted octanol–water partition coefficient (Wildman–Crippen LogP) is 4.08. The third kappa shape index (κ3) is 2.14. The van der Waals surface area contributed by atoms with Crippen molar-refractivity contribution in [1.29, 1.82) is 0 Å². The number of Topliss-reactive ketones (excluding diaryl/α,β-unsaturated/α-hetero) is 2.